The molecule has 0 radical (unpaired) electrons. The Kier molecular flexibility index (Phi) is 3.50. The van der Waals surface area contributed by atoms with Crippen LogP contribution in [0.15, 0.2) is 42.7 Å². The highest BCUT2D eigenvalue weighted by atomic mass is 15.3. The van der Waals surface area contributed by atoms with Gasteiger partial charge in [0, 0.05) is 32.0 Å². The quantitative estimate of drug-likeness (QED) is 0.846. The average molecular weight is 246 g/mol. The molecule has 4 nitrogen and oxygen atoms in total. The van der Waals surface area contributed by atoms with E-state index in [1.54, 1.807) is 17.3 Å². The Morgan fingerprint density at radius 2 is 2.06 bits per heavy atom. The molecular weight excluding hydrogens is 224 g/mol. The third kappa shape index (κ3) is 3.60. The Hall–Kier alpha value is -1.81. The molecule has 1 heterocycles. The Labute approximate surface area is 111 Å². The largest absolute Gasteiger partial charge is 0.337 e. The van der Waals surface area contributed by atoms with E-state index in [1.807, 2.05) is 49.3 Å². The number of hydrogen-bond acceptors (Lipinski definition) is 3. The van der Waals surface area contributed by atoms with E-state index in [1.165, 1.54) is 0 Å². The number of likely N-dealkylation sites (N-methyl/N-ethyl adjacent to an activating group) is 1. The number of imidazole rings is 1. The minimum Gasteiger partial charge on any atom is -0.337 e. The predicted octanol–water partition coefficient (Wildman–Crippen LogP) is 1.98. The lowest BCUT2D eigenvalue weighted by atomic mass is 10.2. The Balaban J connectivity index is 2.26. The summed E-state index contributed by atoms with van der Waals surface area (Å²) in [6.45, 7) is -0.757. The number of aromatic amines is 1. The monoisotopic (exact) mass is 246 g/mol. The topological polar surface area (TPSA) is 35.2 Å². The summed E-state index contributed by atoms with van der Waals surface area (Å²) in [6.07, 6.45) is 3.35. The number of aromatic nitrogens is 2. The van der Waals surface area contributed by atoms with Gasteiger partial charge in [-0.2, -0.15) is 0 Å². The summed E-state index contributed by atoms with van der Waals surface area (Å²) in [7, 11) is 3.72. The molecule has 1 aromatic heterocycles. The second-order valence-electron chi connectivity index (χ2n) is 4.38. The molecule has 0 saturated carbocycles. The highest BCUT2D eigenvalue weighted by molar-refractivity contribution is 5.31. The van der Waals surface area contributed by atoms with Gasteiger partial charge >= 0.3 is 0 Å². The number of rotatable bonds is 6. The van der Waals surface area contributed by atoms with Crippen LogP contribution >= 0.6 is 0 Å². The molecule has 2 rings (SSSR count). The van der Waals surface area contributed by atoms with Crippen molar-refractivity contribution in [2.75, 3.05) is 32.0 Å². The molecule has 0 spiro atoms. The van der Waals surface area contributed by atoms with Crippen LogP contribution in [0, 0.1) is 0 Å². The van der Waals surface area contributed by atoms with Gasteiger partial charge in [0.1, 0.15) is 0 Å². The van der Waals surface area contributed by atoms with Crippen LogP contribution in [0.5, 0.6) is 0 Å². The number of H-pyrrole nitrogens is 1. The van der Waals surface area contributed by atoms with Gasteiger partial charge in [0.2, 0.25) is 5.95 Å². The van der Waals surface area contributed by atoms with E-state index in [2.05, 4.69) is 9.97 Å². The van der Waals surface area contributed by atoms with Gasteiger partial charge in [0.25, 0.3) is 0 Å². The fraction of sp³-hybridized carbons (Fsp3) is 0.357. The fourth-order valence-electron chi connectivity index (χ4n) is 1.60. The first-order chi connectivity index (χ1) is 9.49. The van der Waals surface area contributed by atoms with Gasteiger partial charge in [-0.25, -0.2) is 4.98 Å². The van der Waals surface area contributed by atoms with E-state index >= 15 is 0 Å². The van der Waals surface area contributed by atoms with Crippen LogP contribution in [0.4, 0.5) is 5.95 Å². The summed E-state index contributed by atoms with van der Waals surface area (Å²) < 4.78 is 16.7. The Bertz CT molecular complexity index is 511. The van der Waals surface area contributed by atoms with Gasteiger partial charge in [-0.05, 0) is 19.7 Å². The molecule has 0 aliphatic carbocycles. The first-order valence-corrected chi connectivity index (χ1v) is 5.95. The second kappa shape index (κ2) is 6.21. The van der Waals surface area contributed by atoms with Gasteiger partial charge in [-0.1, -0.05) is 30.3 Å². The van der Waals surface area contributed by atoms with Gasteiger partial charge in [0.05, 0.1) is 2.74 Å². The third-order valence-electron chi connectivity index (χ3n) is 2.50. The van der Waals surface area contributed by atoms with Crippen molar-refractivity contribution in [1.82, 2.24) is 14.9 Å². The second-order valence-corrected chi connectivity index (χ2v) is 4.38. The standard InChI is InChI=1S/C14H20N4/c1-17(2)10-11-18(14-15-8-9-16-14)12-13-6-4-3-5-7-13/h3-9H,10-12H2,1-2H3,(H,15,16)/i11D2. The molecule has 0 aliphatic rings. The maximum atomic E-state index is 8.33. The predicted molar refractivity (Wildman–Crippen MR) is 74.6 cm³/mol. The molecule has 0 saturated heterocycles. The maximum absolute atomic E-state index is 8.33. The molecule has 0 amide bonds. The zero-order chi connectivity index (χ0) is 14.6. The summed E-state index contributed by atoms with van der Waals surface area (Å²) in [5.74, 6) is 0.542. The van der Waals surface area contributed by atoms with Crippen LogP contribution in [-0.2, 0) is 6.54 Å². The summed E-state index contributed by atoms with van der Waals surface area (Å²) in [6, 6.07) is 9.84. The minimum absolute atomic E-state index is 0.292. The summed E-state index contributed by atoms with van der Waals surface area (Å²) in [5, 5.41) is 0. The smallest absolute Gasteiger partial charge is 0.203 e. The third-order valence-corrected chi connectivity index (χ3v) is 2.50. The number of anilines is 1. The van der Waals surface area contributed by atoms with Gasteiger partial charge in [-0.15, -0.1) is 0 Å². The van der Waals surface area contributed by atoms with E-state index in [0.29, 0.717) is 19.0 Å². The lowest BCUT2D eigenvalue weighted by molar-refractivity contribution is 0.411. The highest BCUT2D eigenvalue weighted by Gasteiger charge is 2.09. The summed E-state index contributed by atoms with van der Waals surface area (Å²) in [5.41, 5.74) is 1.05. The van der Waals surface area contributed by atoms with Crippen LogP contribution in [0.1, 0.15) is 8.30 Å². The maximum Gasteiger partial charge on any atom is 0.203 e. The van der Waals surface area contributed by atoms with Gasteiger partial charge in [-0.3, -0.25) is 0 Å². The Morgan fingerprint density at radius 1 is 1.28 bits per heavy atom. The summed E-state index contributed by atoms with van der Waals surface area (Å²) in [4.78, 5) is 10.7. The van der Waals surface area contributed by atoms with Crippen LogP contribution < -0.4 is 4.90 Å². The van der Waals surface area contributed by atoms with Crippen molar-refractivity contribution < 1.29 is 2.74 Å². The average Bonchev–Trinajstić information content (AvgIpc) is 2.89. The van der Waals surface area contributed by atoms with Crippen molar-refractivity contribution >= 4 is 5.95 Å². The molecule has 4 heteroatoms. The van der Waals surface area contributed by atoms with Crippen LogP contribution in [0.25, 0.3) is 0 Å². The molecule has 18 heavy (non-hydrogen) atoms. The first-order valence-electron chi connectivity index (χ1n) is 6.95. The van der Waals surface area contributed by atoms with E-state index < -0.39 is 6.50 Å². The van der Waals surface area contributed by atoms with Crippen molar-refractivity contribution in [3.8, 4) is 0 Å². The van der Waals surface area contributed by atoms with Crippen molar-refractivity contribution in [1.29, 1.82) is 0 Å². The zero-order valence-corrected chi connectivity index (χ0v) is 10.8. The van der Waals surface area contributed by atoms with Gasteiger partial charge < -0.3 is 14.8 Å². The molecule has 1 aromatic carbocycles. The number of hydrogen-bond donors (Lipinski definition) is 1. The van der Waals surface area contributed by atoms with Crippen LogP contribution in [0.2, 0.25) is 0 Å². The van der Waals surface area contributed by atoms with E-state index in [4.69, 9.17) is 2.74 Å². The van der Waals surface area contributed by atoms with Crippen molar-refractivity contribution in [3.05, 3.63) is 48.3 Å². The normalized spacial score (nSPS) is 13.3. The molecule has 0 unspecified atom stereocenters. The molecule has 0 fully saturated rings. The molecule has 0 aliphatic heterocycles. The zero-order valence-electron chi connectivity index (χ0n) is 12.8. The number of benzene rings is 1. The lowest BCUT2D eigenvalue weighted by Crippen LogP contribution is -2.32. The van der Waals surface area contributed by atoms with Crippen LogP contribution in [0.3, 0.4) is 0 Å². The van der Waals surface area contributed by atoms with Crippen molar-refractivity contribution in [2.45, 2.75) is 6.54 Å². The number of nitrogens with zero attached hydrogens (tertiary/aromatic N) is 3. The highest BCUT2D eigenvalue weighted by Crippen LogP contribution is 2.11. The molecule has 2 aromatic rings. The van der Waals surface area contributed by atoms with Crippen LogP contribution in [-0.4, -0.2) is 42.0 Å². The molecule has 0 bridgehead atoms. The molecule has 96 valence electrons. The van der Waals surface area contributed by atoms with Crippen molar-refractivity contribution in [3.63, 3.8) is 0 Å². The fourth-order valence-corrected chi connectivity index (χ4v) is 1.60. The summed E-state index contributed by atoms with van der Waals surface area (Å²) >= 11 is 0. The van der Waals surface area contributed by atoms with E-state index in [9.17, 15) is 0 Å². The minimum atomic E-state index is -1.52. The molecule has 1 N–H and O–H groups in total. The van der Waals surface area contributed by atoms with E-state index in [-0.39, 0.29) is 0 Å². The number of nitrogens with one attached hydrogen (secondary N) is 1. The van der Waals surface area contributed by atoms with Gasteiger partial charge in [0.15, 0.2) is 0 Å². The SMILES string of the molecule is [2H]C([2H])(CN(C)C)N(Cc1ccccc1)c1ncc[nH]1. The first kappa shape index (κ1) is 10.1. The Morgan fingerprint density at radius 3 is 2.67 bits per heavy atom. The molecule has 0 atom stereocenters. The van der Waals surface area contributed by atoms with E-state index in [0.717, 1.165) is 5.56 Å². The van der Waals surface area contributed by atoms with Crippen molar-refractivity contribution in [2.24, 2.45) is 0 Å². The molecular formula is C14H20N4. The lowest BCUT2D eigenvalue weighted by Gasteiger charge is -2.23.